The van der Waals surface area contributed by atoms with E-state index >= 15 is 0 Å². The van der Waals surface area contributed by atoms with E-state index in [4.69, 9.17) is 5.73 Å². The van der Waals surface area contributed by atoms with Crippen LogP contribution in [0.25, 0.3) is 0 Å². The van der Waals surface area contributed by atoms with E-state index in [1.54, 1.807) is 0 Å². The molecule has 0 radical (unpaired) electrons. The molecule has 1 aliphatic heterocycles. The van der Waals surface area contributed by atoms with Crippen LogP contribution in [0.3, 0.4) is 0 Å². The summed E-state index contributed by atoms with van der Waals surface area (Å²) in [7, 11) is 0. The molecule has 1 saturated heterocycles. The van der Waals surface area contributed by atoms with Crippen molar-refractivity contribution >= 4 is 23.6 Å². The van der Waals surface area contributed by atoms with Gasteiger partial charge in [-0.25, -0.2) is 0 Å². The lowest BCUT2D eigenvalue weighted by Gasteiger charge is -2.22. The van der Waals surface area contributed by atoms with Crippen molar-refractivity contribution in [2.75, 3.05) is 12.3 Å². The SMILES string of the molecule is NC(=O)CN1C(=O)CS[13CH]1c1ccccc1. The Labute approximate surface area is 97.8 Å². The number of hydrogen-bond donors (Lipinski definition) is 1. The molecular formula is C11H12N2O2S. The summed E-state index contributed by atoms with van der Waals surface area (Å²) in [5, 5.41) is -0.0822. The normalized spacial score (nSPS) is 20.1. The molecule has 5 heteroatoms. The number of nitrogens with two attached hydrogens (primary N) is 1. The smallest absolute Gasteiger partial charge is 0.237 e. The van der Waals surface area contributed by atoms with Crippen LogP contribution in [0.5, 0.6) is 0 Å². The van der Waals surface area contributed by atoms with Gasteiger partial charge in [-0.2, -0.15) is 0 Å². The molecule has 0 saturated carbocycles. The van der Waals surface area contributed by atoms with E-state index in [2.05, 4.69) is 0 Å². The number of nitrogens with zero attached hydrogens (tertiary/aromatic N) is 1. The molecule has 4 nitrogen and oxygen atoms in total. The maximum absolute atomic E-state index is 11.6. The van der Waals surface area contributed by atoms with Gasteiger partial charge in [0, 0.05) is 0 Å². The Balaban J connectivity index is 2.21. The first-order valence-electron chi connectivity index (χ1n) is 4.93. The Morgan fingerprint density at radius 3 is 2.75 bits per heavy atom. The lowest BCUT2D eigenvalue weighted by molar-refractivity contribution is -0.132. The standard InChI is InChI=1S/C11H12N2O2S/c12-9(14)6-13-10(15)7-16-11(13)8-4-2-1-3-5-8/h1-5,11H,6-7H2,(H2,12,14)/i11+1. The third kappa shape index (κ3) is 2.19. The number of benzene rings is 1. The van der Waals surface area contributed by atoms with Crippen molar-refractivity contribution in [2.24, 2.45) is 5.73 Å². The van der Waals surface area contributed by atoms with Gasteiger partial charge in [-0.1, -0.05) is 30.3 Å². The minimum Gasteiger partial charge on any atom is -0.368 e. The van der Waals surface area contributed by atoms with Crippen molar-refractivity contribution in [1.82, 2.24) is 4.90 Å². The summed E-state index contributed by atoms with van der Waals surface area (Å²) in [6, 6.07) is 9.65. The minimum absolute atomic E-state index is 0.00854. The monoisotopic (exact) mass is 237 g/mol. The van der Waals surface area contributed by atoms with Gasteiger partial charge in [0.2, 0.25) is 11.8 Å². The van der Waals surface area contributed by atoms with E-state index < -0.39 is 5.91 Å². The molecule has 1 atom stereocenters. The fourth-order valence-corrected chi connectivity index (χ4v) is 2.87. The van der Waals surface area contributed by atoms with Gasteiger partial charge in [-0.15, -0.1) is 11.8 Å². The molecule has 2 amide bonds. The fraction of sp³-hybridized carbons (Fsp3) is 0.273. The summed E-state index contributed by atoms with van der Waals surface area (Å²) in [5.41, 5.74) is 6.16. The predicted octanol–water partition coefficient (Wildman–Crippen LogP) is 0.746. The van der Waals surface area contributed by atoms with Gasteiger partial charge in [-0.05, 0) is 5.56 Å². The molecule has 0 spiro atoms. The number of carbonyl (C=O) groups is 2. The first-order valence-corrected chi connectivity index (χ1v) is 5.97. The number of amides is 2. The van der Waals surface area contributed by atoms with Crippen molar-refractivity contribution < 1.29 is 9.59 Å². The molecule has 0 bridgehead atoms. The van der Waals surface area contributed by atoms with Gasteiger partial charge in [0.1, 0.15) is 11.9 Å². The third-order valence-corrected chi connectivity index (χ3v) is 3.64. The highest BCUT2D eigenvalue weighted by molar-refractivity contribution is 8.00. The number of rotatable bonds is 3. The zero-order valence-electron chi connectivity index (χ0n) is 8.63. The van der Waals surface area contributed by atoms with Crippen molar-refractivity contribution in [3.05, 3.63) is 35.9 Å². The molecule has 1 aromatic rings. The second-order valence-electron chi connectivity index (χ2n) is 3.56. The number of thioether (sulfide) groups is 1. The molecule has 84 valence electrons. The van der Waals surface area contributed by atoms with Crippen LogP contribution < -0.4 is 5.73 Å². The number of hydrogen-bond acceptors (Lipinski definition) is 3. The van der Waals surface area contributed by atoms with E-state index in [0.29, 0.717) is 5.75 Å². The maximum atomic E-state index is 11.6. The Hall–Kier alpha value is -1.49. The molecule has 1 aromatic carbocycles. The van der Waals surface area contributed by atoms with Crippen LogP contribution in [-0.2, 0) is 9.59 Å². The second-order valence-corrected chi connectivity index (χ2v) is 4.63. The Morgan fingerprint density at radius 1 is 1.44 bits per heavy atom. The highest BCUT2D eigenvalue weighted by Gasteiger charge is 2.33. The van der Waals surface area contributed by atoms with Crippen LogP contribution in [0.1, 0.15) is 10.9 Å². The Bertz CT molecular complexity index is 408. The summed E-state index contributed by atoms with van der Waals surface area (Å²) in [6.07, 6.45) is 0. The quantitative estimate of drug-likeness (QED) is 0.789. The highest BCUT2D eigenvalue weighted by Crippen LogP contribution is 2.37. The summed E-state index contributed by atoms with van der Waals surface area (Å²) in [6.45, 7) is -0.00854. The fourth-order valence-electron chi connectivity index (χ4n) is 1.69. The van der Waals surface area contributed by atoms with Gasteiger partial charge in [0.15, 0.2) is 0 Å². The van der Waals surface area contributed by atoms with Crippen LogP contribution in [0.15, 0.2) is 30.3 Å². The van der Waals surface area contributed by atoms with Crippen molar-refractivity contribution in [1.29, 1.82) is 0 Å². The number of primary amides is 1. The summed E-state index contributed by atoms with van der Waals surface area (Å²) < 4.78 is 0. The van der Waals surface area contributed by atoms with E-state index in [9.17, 15) is 9.59 Å². The minimum atomic E-state index is -0.475. The largest absolute Gasteiger partial charge is 0.368 e. The number of carbonyl (C=O) groups excluding carboxylic acids is 2. The van der Waals surface area contributed by atoms with E-state index in [1.807, 2.05) is 30.3 Å². The molecular weight excluding hydrogens is 225 g/mol. The van der Waals surface area contributed by atoms with Crippen LogP contribution in [0.2, 0.25) is 0 Å². The van der Waals surface area contributed by atoms with E-state index in [0.717, 1.165) is 5.56 Å². The highest BCUT2D eigenvalue weighted by atomic mass is 32.2. The first kappa shape index (κ1) is 11.0. The van der Waals surface area contributed by atoms with Crippen molar-refractivity contribution in [2.45, 2.75) is 5.37 Å². The second kappa shape index (κ2) is 4.57. The van der Waals surface area contributed by atoms with Crippen LogP contribution in [0.4, 0.5) is 0 Å². The molecule has 16 heavy (non-hydrogen) atoms. The molecule has 2 rings (SSSR count). The van der Waals surface area contributed by atoms with Crippen molar-refractivity contribution in [3.8, 4) is 0 Å². The predicted molar refractivity (Wildman–Crippen MR) is 62.5 cm³/mol. The molecule has 0 aromatic heterocycles. The molecule has 1 fully saturated rings. The van der Waals surface area contributed by atoms with E-state index in [1.165, 1.54) is 16.7 Å². The molecule has 0 aliphatic carbocycles. The maximum Gasteiger partial charge on any atom is 0.237 e. The van der Waals surface area contributed by atoms with Crippen LogP contribution in [0, 0.1) is 0 Å². The molecule has 1 aliphatic rings. The van der Waals surface area contributed by atoms with Crippen LogP contribution >= 0.6 is 11.8 Å². The van der Waals surface area contributed by atoms with Gasteiger partial charge < -0.3 is 10.6 Å². The molecule has 1 heterocycles. The van der Waals surface area contributed by atoms with Gasteiger partial charge in [0.05, 0.1) is 5.75 Å². The zero-order valence-corrected chi connectivity index (χ0v) is 9.44. The third-order valence-electron chi connectivity index (χ3n) is 2.38. The Morgan fingerprint density at radius 2 is 2.12 bits per heavy atom. The summed E-state index contributed by atoms with van der Waals surface area (Å²) in [4.78, 5) is 24.0. The topological polar surface area (TPSA) is 63.4 Å². The van der Waals surface area contributed by atoms with E-state index in [-0.39, 0.29) is 17.8 Å². The molecule has 1 unspecified atom stereocenters. The van der Waals surface area contributed by atoms with Crippen molar-refractivity contribution in [3.63, 3.8) is 0 Å². The summed E-state index contributed by atoms with van der Waals surface area (Å²) in [5.74, 6) is -0.0956. The average molecular weight is 237 g/mol. The lowest BCUT2D eigenvalue weighted by atomic mass is 10.3. The zero-order chi connectivity index (χ0) is 11.5. The first-order chi connectivity index (χ1) is 7.68. The van der Waals surface area contributed by atoms with Crippen LogP contribution in [-0.4, -0.2) is 29.0 Å². The Kier molecular flexibility index (Phi) is 3.14. The summed E-state index contributed by atoms with van der Waals surface area (Å²) >= 11 is 1.52. The lowest BCUT2D eigenvalue weighted by Crippen LogP contribution is -2.36. The van der Waals surface area contributed by atoms with Gasteiger partial charge >= 0.3 is 0 Å². The average Bonchev–Trinajstić information content (AvgIpc) is 2.61. The van der Waals surface area contributed by atoms with Gasteiger partial charge in [0.25, 0.3) is 0 Å². The van der Waals surface area contributed by atoms with Gasteiger partial charge in [-0.3, -0.25) is 9.59 Å². The molecule has 2 N–H and O–H groups in total.